The molecule has 4 nitrogen and oxygen atoms in total. The lowest BCUT2D eigenvalue weighted by Crippen LogP contribution is -2.00. The summed E-state index contributed by atoms with van der Waals surface area (Å²) >= 11 is 6.68. The van der Waals surface area contributed by atoms with Crippen molar-refractivity contribution in [1.82, 2.24) is 15.0 Å². The third-order valence-electron chi connectivity index (χ3n) is 8.37. The van der Waals surface area contributed by atoms with Crippen LogP contribution < -0.4 is 0 Å². The first-order valence-corrected chi connectivity index (χ1v) is 14.9. The van der Waals surface area contributed by atoms with Crippen LogP contribution in [0.3, 0.4) is 0 Å². The zero-order chi connectivity index (χ0) is 29.2. The Kier molecular flexibility index (Phi) is 5.52. The summed E-state index contributed by atoms with van der Waals surface area (Å²) < 4.78 is 6.53. The van der Waals surface area contributed by atoms with Gasteiger partial charge < -0.3 is 4.42 Å². The van der Waals surface area contributed by atoms with Gasteiger partial charge in [-0.1, -0.05) is 127 Å². The largest absolute Gasteiger partial charge is 0.455 e. The smallest absolute Gasteiger partial charge is 0.167 e. The van der Waals surface area contributed by atoms with Crippen molar-refractivity contribution in [2.45, 2.75) is 0 Å². The Morgan fingerprint density at radius 2 is 1.11 bits per heavy atom. The number of hydrogen-bond donors (Lipinski definition) is 0. The molecule has 5 heteroatoms. The molecule has 0 fully saturated rings. The second-order valence-electron chi connectivity index (χ2n) is 11.0. The van der Waals surface area contributed by atoms with Crippen LogP contribution in [0.25, 0.3) is 88.4 Å². The van der Waals surface area contributed by atoms with Gasteiger partial charge in [0.2, 0.25) is 0 Å². The van der Waals surface area contributed by atoms with Crippen LogP contribution >= 0.6 is 11.6 Å². The zero-order valence-electron chi connectivity index (χ0n) is 23.3. The fraction of sp³-hybridized carbons (Fsp3) is 0. The van der Waals surface area contributed by atoms with E-state index in [-0.39, 0.29) is 0 Å². The Bertz CT molecular complexity index is 2570. The Balaban J connectivity index is 1.29. The summed E-state index contributed by atoms with van der Waals surface area (Å²) in [6.45, 7) is 0. The van der Waals surface area contributed by atoms with Crippen molar-refractivity contribution < 1.29 is 4.42 Å². The maximum atomic E-state index is 6.68. The van der Waals surface area contributed by atoms with E-state index in [2.05, 4.69) is 66.7 Å². The van der Waals surface area contributed by atoms with E-state index >= 15 is 0 Å². The van der Waals surface area contributed by atoms with E-state index in [9.17, 15) is 0 Å². The first-order valence-electron chi connectivity index (χ1n) is 14.5. The average molecular weight is 584 g/mol. The summed E-state index contributed by atoms with van der Waals surface area (Å²) in [6.07, 6.45) is 0. The summed E-state index contributed by atoms with van der Waals surface area (Å²) in [5, 5.41) is 9.49. The van der Waals surface area contributed by atoms with Crippen molar-refractivity contribution in [3.05, 3.63) is 138 Å². The van der Waals surface area contributed by atoms with Crippen molar-refractivity contribution in [3.8, 4) is 34.2 Å². The second kappa shape index (κ2) is 9.73. The minimum atomic E-state index is 0.549. The Morgan fingerprint density at radius 1 is 0.455 bits per heavy atom. The van der Waals surface area contributed by atoms with Gasteiger partial charge in [0.15, 0.2) is 17.5 Å². The van der Waals surface area contributed by atoms with Crippen LogP contribution in [0.5, 0.6) is 0 Å². The number of para-hydroxylation sites is 1. The van der Waals surface area contributed by atoms with Crippen LogP contribution in [-0.2, 0) is 0 Å². The lowest BCUT2D eigenvalue weighted by Gasteiger charge is -2.10. The number of halogens is 1. The van der Waals surface area contributed by atoms with Crippen LogP contribution in [0.4, 0.5) is 0 Å². The summed E-state index contributed by atoms with van der Waals surface area (Å²) in [4.78, 5) is 15.0. The van der Waals surface area contributed by atoms with Crippen LogP contribution in [0, 0.1) is 0 Å². The Labute approximate surface area is 257 Å². The molecule has 0 radical (unpaired) electrons. The average Bonchev–Trinajstić information content (AvgIpc) is 3.47. The number of rotatable bonds is 3. The maximum Gasteiger partial charge on any atom is 0.167 e. The van der Waals surface area contributed by atoms with Gasteiger partial charge in [0, 0.05) is 33.4 Å². The fourth-order valence-corrected chi connectivity index (χ4v) is 6.55. The maximum absolute atomic E-state index is 6.68. The summed E-state index contributed by atoms with van der Waals surface area (Å²) in [7, 11) is 0. The van der Waals surface area contributed by atoms with E-state index in [1.165, 1.54) is 16.2 Å². The standard InChI is InChI=1S/C39H22ClN3O/c40-33-22-34-35(30-14-7-6-13-29(30)33)31-15-8-16-32(36(31)44-34)39-42-37(24-10-2-1-3-11-24)41-38(43-39)26-19-20-28-25(21-26)18-17-23-9-4-5-12-27(23)28/h1-22H. The van der Waals surface area contributed by atoms with Crippen LogP contribution in [0.15, 0.2) is 138 Å². The molecule has 0 spiro atoms. The highest BCUT2D eigenvalue weighted by atomic mass is 35.5. The minimum absolute atomic E-state index is 0.549. The first kappa shape index (κ1) is 25.0. The van der Waals surface area contributed by atoms with Crippen molar-refractivity contribution in [2.75, 3.05) is 0 Å². The molecular formula is C39H22ClN3O. The number of benzene rings is 7. The normalized spacial score (nSPS) is 11.8. The van der Waals surface area contributed by atoms with Gasteiger partial charge in [0.1, 0.15) is 11.2 Å². The highest BCUT2D eigenvalue weighted by Gasteiger charge is 2.19. The predicted octanol–water partition coefficient (Wildman–Crippen LogP) is 10.9. The number of hydrogen-bond acceptors (Lipinski definition) is 4. The molecule has 9 rings (SSSR count). The van der Waals surface area contributed by atoms with E-state index < -0.39 is 0 Å². The topological polar surface area (TPSA) is 51.8 Å². The molecule has 44 heavy (non-hydrogen) atoms. The van der Waals surface area contributed by atoms with Gasteiger partial charge in [-0.25, -0.2) is 15.0 Å². The molecule has 0 aliphatic rings. The molecule has 206 valence electrons. The number of furan rings is 1. The third-order valence-corrected chi connectivity index (χ3v) is 8.68. The molecule has 0 saturated carbocycles. The molecule has 0 bridgehead atoms. The monoisotopic (exact) mass is 583 g/mol. The first-order chi connectivity index (χ1) is 21.7. The van der Waals surface area contributed by atoms with Gasteiger partial charge in [0.05, 0.1) is 10.6 Å². The van der Waals surface area contributed by atoms with E-state index in [0.29, 0.717) is 22.5 Å². The molecular weight excluding hydrogens is 562 g/mol. The van der Waals surface area contributed by atoms with E-state index in [0.717, 1.165) is 54.8 Å². The van der Waals surface area contributed by atoms with Gasteiger partial charge in [-0.15, -0.1) is 0 Å². The van der Waals surface area contributed by atoms with Crippen molar-refractivity contribution in [3.63, 3.8) is 0 Å². The fourth-order valence-electron chi connectivity index (χ4n) is 6.29. The molecule has 0 unspecified atom stereocenters. The zero-order valence-corrected chi connectivity index (χ0v) is 24.1. The summed E-state index contributed by atoms with van der Waals surface area (Å²) in [5.74, 6) is 1.75. The molecule has 7 aromatic carbocycles. The van der Waals surface area contributed by atoms with E-state index in [1.54, 1.807) is 0 Å². The quantitative estimate of drug-likeness (QED) is 0.194. The highest BCUT2D eigenvalue weighted by Crippen LogP contribution is 2.41. The van der Waals surface area contributed by atoms with Gasteiger partial charge in [-0.3, -0.25) is 0 Å². The van der Waals surface area contributed by atoms with E-state index in [4.69, 9.17) is 31.0 Å². The van der Waals surface area contributed by atoms with Gasteiger partial charge in [-0.2, -0.15) is 0 Å². The predicted molar refractivity (Wildman–Crippen MR) is 181 cm³/mol. The van der Waals surface area contributed by atoms with Crippen molar-refractivity contribution in [1.29, 1.82) is 0 Å². The highest BCUT2D eigenvalue weighted by molar-refractivity contribution is 6.38. The van der Waals surface area contributed by atoms with Gasteiger partial charge >= 0.3 is 0 Å². The lowest BCUT2D eigenvalue weighted by atomic mass is 10.00. The number of aromatic nitrogens is 3. The third kappa shape index (κ3) is 3.89. The van der Waals surface area contributed by atoms with Crippen LogP contribution in [0.1, 0.15) is 0 Å². The molecule has 9 aromatic rings. The van der Waals surface area contributed by atoms with E-state index in [1.807, 2.05) is 66.7 Å². The Morgan fingerprint density at radius 3 is 1.98 bits per heavy atom. The lowest BCUT2D eigenvalue weighted by molar-refractivity contribution is 0.670. The molecule has 0 N–H and O–H groups in total. The Hall–Kier alpha value is -5.58. The number of nitrogens with zero attached hydrogens (tertiary/aromatic N) is 3. The second-order valence-corrected chi connectivity index (χ2v) is 11.4. The molecule has 2 heterocycles. The SMILES string of the molecule is Clc1cc2oc3c(-c4nc(-c5ccccc5)nc(-c5ccc6c(ccc7ccccc76)c5)n4)cccc3c2c2ccccc12. The molecule has 0 amide bonds. The molecule has 2 aromatic heterocycles. The number of fused-ring (bicyclic) bond motifs is 8. The van der Waals surface area contributed by atoms with Crippen LogP contribution in [0.2, 0.25) is 5.02 Å². The minimum Gasteiger partial charge on any atom is -0.455 e. The van der Waals surface area contributed by atoms with Crippen LogP contribution in [-0.4, -0.2) is 15.0 Å². The molecule has 0 aliphatic heterocycles. The van der Waals surface area contributed by atoms with Gasteiger partial charge in [0.25, 0.3) is 0 Å². The van der Waals surface area contributed by atoms with Crippen molar-refractivity contribution >= 4 is 65.9 Å². The molecule has 0 saturated heterocycles. The molecule has 0 aliphatic carbocycles. The van der Waals surface area contributed by atoms with Gasteiger partial charge in [-0.05, 0) is 39.1 Å². The summed E-state index contributed by atoms with van der Waals surface area (Å²) in [6, 6.07) is 45.4. The molecule has 0 atom stereocenters. The summed E-state index contributed by atoms with van der Waals surface area (Å²) in [5.41, 5.74) is 4.08. The van der Waals surface area contributed by atoms with Crippen molar-refractivity contribution in [2.24, 2.45) is 0 Å².